The molecule has 1 nitrogen and oxygen atoms in total. The van der Waals surface area contributed by atoms with Crippen LogP contribution in [0.5, 0.6) is 0 Å². The Morgan fingerprint density at radius 3 is 1.43 bits per heavy atom. The minimum absolute atomic E-state index is 0. The van der Waals surface area contributed by atoms with Gasteiger partial charge < -0.3 is 5.23 Å². The fourth-order valence-electron chi connectivity index (χ4n) is 0. The fraction of sp³-hybridized carbons (Fsp3) is 1.00. The van der Waals surface area contributed by atoms with Crippen LogP contribution in [0, 0.1) is 0 Å². The molecule has 0 aliphatic heterocycles. The van der Waals surface area contributed by atoms with E-state index in [0.29, 0.717) is 0 Å². The predicted molar refractivity (Wildman–Crippen MR) is 35.9 cm³/mol. The summed E-state index contributed by atoms with van der Waals surface area (Å²) in [6, 6.07) is 0. The van der Waals surface area contributed by atoms with Crippen molar-refractivity contribution in [1.29, 1.82) is 0 Å². The van der Waals surface area contributed by atoms with Crippen molar-refractivity contribution in [3.8, 4) is 0 Å². The van der Waals surface area contributed by atoms with Gasteiger partial charge in [0.25, 0.3) is 0 Å². The van der Waals surface area contributed by atoms with Crippen LogP contribution in [-0.4, -0.2) is 13.5 Å². The van der Waals surface area contributed by atoms with Crippen LogP contribution >= 0.6 is 12.4 Å². The average Bonchev–Trinajstić information content (AvgIpc) is 1.35. The minimum atomic E-state index is 0. The highest BCUT2D eigenvalue weighted by molar-refractivity contribution is 6.04. The first-order valence-electron chi connectivity index (χ1n) is 2.04. The summed E-state index contributed by atoms with van der Waals surface area (Å²) < 4.78 is 0. The first kappa shape index (κ1) is 10.3. The molecule has 0 bridgehead atoms. The molecule has 0 atom stereocenters. The van der Waals surface area contributed by atoms with Gasteiger partial charge in [0.15, 0.2) is 7.98 Å². The topological polar surface area (TPSA) is 12.0 Å². The van der Waals surface area contributed by atoms with E-state index < -0.39 is 0 Å². The number of hydrogen-bond acceptors (Lipinski definition) is 1. The number of nitrogens with one attached hydrogen (secondary N) is 1. The van der Waals surface area contributed by atoms with Crippen molar-refractivity contribution in [3.05, 3.63) is 0 Å². The second-order valence-corrected chi connectivity index (χ2v) is 2.39. The van der Waals surface area contributed by atoms with Gasteiger partial charge in [-0.2, -0.15) is 0 Å². The molecule has 7 heavy (non-hydrogen) atoms. The van der Waals surface area contributed by atoms with Gasteiger partial charge in [0.2, 0.25) is 0 Å². The van der Waals surface area contributed by atoms with Gasteiger partial charge in [-0.05, 0) is 26.3 Å². The molecule has 3 heteroatoms. The zero-order chi connectivity index (χ0) is 5.21. The molecule has 0 aromatic rings. The molecule has 2 radical (unpaired) electrons. The summed E-state index contributed by atoms with van der Waals surface area (Å²) in [6.07, 6.45) is 0. The van der Waals surface area contributed by atoms with Gasteiger partial charge in [0.05, 0.1) is 0 Å². The van der Waals surface area contributed by atoms with Crippen LogP contribution in [0.4, 0.5) is 0 Å². The second-order valence-electron chi connectivity index (χ2n) is 2.39. The standard InChI is InChI=1S/C4H10BN.ClH/c1-4(2,3)6-5;/h6H,1-3H3;1H. The Morgan fingerprint density at radius 1 is 1.29 bits per heavy atom. The van der Waals surface area contributed by atoms with Crippen LogP contribution in [0.15, 0.2) is 0 Å². The molecule has 0 aliphatic carbocycles. The molecule has 0 unspecified atom stereocenters. The van der Waals surface area contributed by atoms with Gasteiger partial charge in [0, 0.05) is 0 Å². The molecule has 0 amide bonds. The number of halogens is 1. The van der Waals surface area contributed by atoms with Gasteiger partial charge in [-0.1, -0.05) is 0 Å². The smallest absolute Gasteiger partial charge is 0.178 e. The molecular weight excluding hydrogens is 108 g/mol. The molecule has 0 aromatic heterocycles. The minimum Gasteiger partial charge on any atom is -0.362 e. The molecule has 0 aliphatic rings. The summed E-state index contributed by atoms with van der Waals surface area (Å²) in [5.74, 6) is 0. The Hall–Kier alpha value is 0.315. The molecule has 0 heterocycles. The quantitative estimate of drug-likeness (QED) is 0.467. The van der Waals surface area contributed by atoms with Crippen LogP contribution in [0.3, 0.4) is 0 Å². The summed E-state index contributed by atoms with van der Waals surface area (Å²) in [7, 11) is 5.06. The molecule has 1 N–H and O–H groups in total. The average molecular weight is 119 g/mol. The van der Waals surface area contributed by atoms with Crippen LogP contribution in [-0.2, 0) is 0 Å². The number of rotatable bonds is 0. The van der Waals surface area contributed by atoms with Gasteiger partial charge >= 0.3 is 0 Å². The van der Waals surface area contributed by atoms with Crippen molar-refractivity contribution in [3.63, 3.8) is 0 Å². The molecule has 0 aromatic carbocycles. The first-order chi connectivity index (χ1) is 2.56. The van der Waals surface area contributed by atoms with Crippen molar-refractivity contribution in [2.45, 2.75) is 26.3 Å². The zero-order valence-corrected chi connectivity index (χ0v) is 5.80. The monoisotopic (exact) mass is 119 g/mol. The predicted octanol–water partition coefficient (Wildman–Crippen LogP) is 0.880. The zero-order valence-electron chi connectivity index (χ0n) is 4.99. The van der Waals surface area contributed by atoms with E-state index in [2.05, 4.69) is 5.23 Å². The third-order valence-corrected chi connectivity index (χ3v) is 0.433. The largest absolute Gasteiger partial charge is 0.362 e. The second kappa shape index (κ2) is 3.33. The third-order valence-electron chi connectivity index (χ3n) is 0.433. The van der Waals surface area contributed by atoms with E-state index in [1.807, 2.05) is 20.8 Å². The SMILES string of the molecule is Cl.[B]NC(C)(C)C. The summed E-state index contributed by atoms with van der Waals surface area (Å²) in [6.45, 7) is 6.02. The van der Waals surface area contributed by atoms with Crippen molar-refractivity contribution >= 4 is 20.4 Å². The highest BCUT2D eigenvalue weighted by Gasteiger charge is 2.01. The van der Waals surface area contributed by atoms with Crippen molar-refractivity contribution in [2.75, 3.05) is 0 Å². The Kier molecular flexibility index (Phi) is 4.92. The summed E-state index contributed by atoms with van der Waals surface area (Å²) in [5.41, 5.74) is 0.0694. The van der Waals surface area contributed by atoms with Crippen LogP contribution in [0.2, 0.25) is 0 Å². The maximum Gasteiger partial charge on any atom is 0.178 e. The van der Waals surface area contributed by atoms with Crippen LogP contribution in [0.25, 0.3) is 0 Å². The molecule has 0 spiro atoms. The molecular formula is C4H11BClN. The Balaban J connectivity index is 0. The van der Waals surface area contributed by atoms with Gasteiger partial charge in [0.1, 0.15) is 0 Å². The Bertz CT molecular complexity index is 41.4. The van der Waals surface area contributed by atoms with Gasteiger partial charge in [-0.15, -0.1) is 12.4 Å². The maximum absolute atomic E-state index is 5.06. The van der Waals surface area contributed by atoms with E-state index in [9.17, 15) is 0 Å². The highest BCUT2D eigenvalue weighted by atomic mass is 35.5. The molecule has 0 rings (SSSR count). The summed E-state index contributed by atoms with van der Waals surface area (Å²) in [5, 5.41) is 2.60. The van der Waals surface area contributed by atoms with Crippen molar-refractivity contribution in [2.24, 2.45) is 0 Å². The Labute approximate surface area is 52.7 Å². The summed E-state index contributed by atoms with van der Waals surface area (Å²) >= 11 is 0. The van der Waals surface area contributed by atoms with Crippen molar-refractivity contribution in [1.82, 2.24) is 5.23 Å². The van der Waals surface area contributed by atoms with E-state index in [1.165, 1.54) is 0 Å². The highest BCUT2D eigenvalue weighted by Crippen LogP contribution is 1.93. The fourth-order valence-corrected chi connectivity index (χ4v) is 0. The molecule has 0 saturated carbocycles. The molecule has 42 valence electrons. The van der Waals surface area contributed by atoms with E-state index in [0.717, 1.165) is 0 Å². The van der Waals surface area contributed by atoms with E-state index in [4.69, 9.17) is 7.98 Å². The maximum atomic E-state index is 5.06. The summed E-state index contributed by atoms with van der Waals surface area (Å²) in [4.78, 5) is 0. The van der Waals surface area contributed by atoms with Gasteiger partial charge in [-0.25, -0.2) is 0 Å². The lowest BCUT2D eigenvalue weighted by molar-refractivity contribution is 0.528. The molecule has 0 fully saturated rings. The lowest BCUT2D eigenvalue weighted by Crippen LogP contribution is -2.33. The molecule has 0 saturated heterocycles. The van der Waals surface area contributed by atoms with Crippen LogP contribution < -0.4 is 5.23 Å². The van der Waals surface area contributed by atoms with E-state index in [-0.39, 0.29) is 17.9 Å². The third kappa shape index (κ3) is 10.7. The van der Waals surface area contributed by atoms with E-state index >= 15 is 0 Å². The lowest BCUT2D eigenvalue weighted by atomic mass is 10.1. The first-order valence-corrected chi connectivity index (χ1v) is 2.04. The van der Waals surface area contributed by atoms with Crippen LogP contribution in [0.1, 0.15) is 20.8 Å². The lowest BCUT2D eigenvalue weighted by Gasteiger charge is -2.16. The normalized spacial score (nSPS) is 10.1. The number of hydrogen-bond donors (Lipinski definition) is 1. The Morgan fingerprint density at radius 2 is 1.43 bits per heavy atom. The van der Waals surface area contributed by atoms with Gasteiger partial charge in [-0.3, -0.25) is 0 Å². The van der Waals surface area contributed by atoms with Crippen molar-refractivity contribution < 1.29 is 0 Å². The van der Waals surface area contributed by atoms with E-state index in [1.54, 1.807) is 0 Å².